The Morgan fingerprint density at radius 1 is 1.13 bits per heavy atom. The maximum atomic E-state index is 12.7. The van der Waals surface area contributed by atoms with Gasteiger partial charge in [0.2, 0.25) is 0 Å². The summed E-state index contributed by atoms with van der Waals surface area (Å²) in [5.74, 6) is 4.77. The van der Waals surface area contributed by atoms with E-state index in [1.165, 1.54) is 62.7 Å². The van der Waals surface area contributed by atoms with E-state index in [2.05, 4.69) is 5.16 Å². The van der Waals surface area contributed by atoms with Gasteiger partial charge in [-0.1, -0.05) is 28.9 Å². The number of halogens is 1. The number of benzene rings is 1. The Bertz CT molecular complexity index is 983. The number of hydrogen-bond donors (Lipinski definition) is 0. The fourth-order valence-electron chi connectivity index (χ4n) is 7.43. The van der Waals surface area contributed by atoms with Gasteiger partial charge in [0.1, 0.15) is 11.5 Å². The summed E-state index contributed by atoms with van der Waals surface area (Å²) in [5, 5.41) is 5.28. The van der Waals surface area contributed by atoms with E-state index in [0.29, 0.717) is 30.2 Å². The molecule has 0 atom stereocenters. The minimum Gasteiger partial charge on any atom is -0.360 e. The average molecular weight is 438 g/mol. The largest absolute Gasteiger partial charge is 0.360 e. The fourth-order valence-corrected chi connectivity index (χ4v) is 7.73. The van der Waals surface area contributed by atoms with Crippen LogP contribution < -0.4 is 0 Å². The van der Waals surface area contributed by atoms with Crippen LogP contribution in [0.5, 0.6) is 0 Å². The average Bonchev–Trinajstić information content (AvgIpc) is 3.46. The minimum absolute atomic E-state index is 0.229. The molecule has 1 aromatic heterocycles. The summed E-state index contributed by atoms with van der Waals surface area (Å²) in [6, 6.07) is 5.94. The third kappa shape index (κ3) is 3.67. The predicted octanol–water partition coefficient (Wildman–Crippen LogP) is 6.73. The van der Waals surface area contributed by atoms with Gasteiger partial charge in [0.15, 0.2) is 0 Å². The molecule has 4 bridgehead atoms. The Hall–Kier alpha value is -1.61. The van der Waals surface area contributed by atoms with Crippen LogP contribution in [0.15, 0.2) is 22.7 Å². The van der Waals surface area contributed by atoms with Gasteiger partial charge in [-0.2, -0.15) is 0 Å². The van der Waals surface area contributed by atoms with Gasteiger partial charge in [-0.05, 0) is 99.2 Å². The van der Waals surface area contributed by atoms with Crippen LogP contribution in [0.1, 0.15) is 91.8 Å². The van der Waals surface area contributed by atoms with Crippen molar-refractivity contribution in [2.45, 2.75) is 88.9 Å². The molecule has 0 spiro atoms. The molecule has 5 fully saturated rings. The van der Waals surface area contributed by atoms with E-state index < -0.39 is 0 Å². The van der Waals surface area contributed by atoms with E-state index in [9.17, 15) is 4.79 Å². The summed E-state index contributed by atoms with van der Waals surface area (Å²) in [4.78, 5) is 12.7. The van der Waals surface area contributed by atoms with E-state index in [1.807, 2.05) is 25.1 Å². The van der Waals surface area contributed by atoms with E-state index in [1.54, 1.807) is 0 Å². The molecule has 0 unspecified atom stereocenters. The number of aromatic nitrogens is 1. The molecule has 5 aliphatic carbocycles. The molecule has 31 heavy (non-hydrogen) atoms. The van der Waals surface area contributed by atoms with Crippen molar-refractivity contribution < 1.29 is 9.32 Å². The van der Waals surface area contributed by atoms with Gasteiger partial charge < -0.3 is 4.52 Å². The first-order valence-corrected chi connectivity index (χ1v) is 12.6. The Morgan fingerprint density at radius 3 is 2.42 bits per heavy atom. The molecule has 164 valence electrons. The summed E-state index contributed by atoms with van der Waals surface area (Å²) >= 11 is 6.34. The van der Waals surface area contributed by atoms with Crippen molar-refractivity contribution in [1.82, 2.24) is 5.16 Å². The standard InChI is InChI=1S/C27H32ClNO2/c1-16-2-3-21(23(28)8-16)12-22(30)6-7-24-25(20-4-5-20)26(31-29-24)27-13-17-9-18(14-27)11-19(10-17)15-27/h2-3,8,17-20H,4-7,9-15H2,1H3. The lowest BCUT2D eigenvalue weighted by Gasteiger charge is -2.55. The molecule has 4 heteroatoms. The number of Topliss-reactive ketones (excluding diaryl/α,β-unsaturated/α-hetero) is 1. The smallest absolute Gasteiger partial charge is 0.146 e. The van der Waals surface area contributed by atoms with Crippen molar-refractivity contribution in [3.8, 4) is 0 Å². The highest BCUT2D eigenvalue weighted by Gasteiger charge is 2.55. The zero-order chi connectivity index (χ0) is 21.2. The topological polar surface area (TPSA) is 43.1 Å². The Kier molecular flexibility index (Phi) is 4.83. The van der Waals surface area contributed by atoms with E-state index in [-0.39, 0.29) is 11.2 Å². The zero-order valence-corrected chi connectivity index (χ0v) is 19.2. The molecule has 5 aliphatic rings. The quantitative estimate of drug-likeness (QED) is 0.482. The van der Waals surface area contributed by atoms with Gasteiger partial charge in [-0.3, -0.25) is 4.79 Å². The van der Waals surface area contributed by atoms with Gasteiger partial charge in [-0.15, -0.1) is 0 Å². The lowest BCUT2D eigenvalue weighted by Crippen LogP contribution is -2.48. The van der Waals surface area contributed by atoms with Crippen molar-refractivity contribution in [3.05, 3.63) is 51.4 Å². The van der Waals surface area contributed by atoms with Crippen molar-refractivity contribution >= 4 is 17.4 Å². The summed E-state index contributed by atoms with van der Waals surface area (Å²) in [6.45, 7) is 2.02. The molecule has 0 saturated heterocycles. The monoisotopic (exact) mass is 437 g/mol. The second-order valence-corrected chi connectivity index (χ2v) is 11.6. The van der Waals surface area contributed by atoms with Gasteiger partial charge in [0.25, 0.3) is 0 Å². The maximum Gasteiger partial charge on any atom is 0.146 e. The van der Waals surface area contributed by atoms with Crippen molar-refractivity contribution in [3.63, 3.8) is 0 Å². The predicted molar refractivity (Wildman–Crippen MR) is 122 cm³/mol. The van der Waals surface area contributed by atoms with Gasteiger partial charge in [0, 0.05) is 35.3 Å². The van der Waals surface area contributed by atoms with Crippen LogP contribution in [0.2, 0.25) is 5.02 Å². The molecular formula is C27H32ClNO2. The molecule has 0 amide bonds. The highest BCUT2D eigenvalue weighted by atomic mass is 35.5. The number of carbonyl (C=O) groups excluding carboxylic acids is 1. The van der Waals surface area contributed by atoms with Crippen LogP contribution in [-0.4, -0.2) is 10.9 Å². The SMILES string of the molecule is Cc1ccc(CC(=O)CCc2noc(C34CC5CC(CC(C5)C3)C4)c2C2CC2)c(Cl)c1. The van der Waals surface area contributed by atoms with Gasteiger partial charge in [-0.25, -0.2) is 0 Å². The number of aryl methyl sites for hydroxylation is 2. The normalized spacial score (nSPS) is 31.4. The fraction of sp³-hybridized carbons (Fsp3) is 0.630. The Balaban J connectivity index is 1.20. The molecule has 3 nitrogen and oxygen atoms in total. The minimum atomic E-state index is 0.229. The molecule has 0 N–H and O–H groups in total. The second kappa shape index (κ2) is 7.47. The first-order valence-electron chi connectivity index (χ1n) is 12.2. The third-order valence-corrected chi connectivity index (χ3v) is 8.90. The highest BCUT2D eigenvalue weighted by Crippen LogP contribution is 2.62. The first kappa shape index (κ1) is 20.0. The molecule has 5 saturated carbocycles. The van der Waals surface area contributed by atoms with E-state index in [0.717, 1.165) is 34.6 Å². The number of nitrogens with zero attached hydrogens (tertiary/aromatic N) is 1. The van der Waals surface area contributed by atoms with E-state index >= 15 is 0 Å². The Labute approximate surface area is 189 Å². The summed E-state index contributed by atoms with van der Waals surface area (Å²) in [6.07, 6.45) is 12.3. The van der Waals surface area contributed by atoms with Crippen LogP contribution >= 0.6 is 11.6 Å². The number of ketones is 1. The van der Waals surface area contributed by atoms with Crippen LogP contribution in [0.25, 0.3) is 0 Å². The van der Waals surface area contributed by atoms with Crippen molar-refractivity contribution in [2.75, 3.05) is 0 Å². The van der Waals surface area contributed by atoms with Crippen LogP contribution in [0.4, 0.5) is 0 Å². The highest BCUT2D eigenvalue weighted by molar-refractivity contribution is 6.31. The molecular weight excluding hydrogens is 406 g/mol. The third-order valence-electron chi connectivity index (χ3n) is 8.54. The lowest BCUT2D eigenvalue weighted by atomic mass is 9.48. The molecule has 1 aromatic carbocycles. The van der Waals surface area contributed by atoms with Crippen LogP contribution in [0, 0.1) is 24.7 Å². The van der Waals surface area contributed by atoms with Crippen molar-refractivity contribution in [1.29, 1.82) is 0 Å². The molecule has 1 heterocycles. The number of rotatable bonds is 7. The summed E-state index contributed by atoms with van der Waals surface area (Å²) < 4.78 is 6.18. The summed E-state index contributed by atoms with van der Waals surface area (Å²) in [5.41, 5.74) is 4.76. The Morgan fingerprint density at radius 2 is 1.81 bits per heavy atom. The molecule has 0 radical (unpaired) electrons. The zero-order valence-electron chi connectivity index (χ0n) is 18.5. The van der Waals surface area contributed by atoms with Crippen LogP contribution in [0.3, 0.4) is 0 Å². The molecule has 0 aliphatic heterocycles. The molecule has 7 rings (SSSR count). The van der Waals surface area contributed by atoms with Crippen molar-refractivity contribution in [2.24, 2.45) is 17.8 Å². The number of hydrogen-bond acceptors (Lipinski definition) is 3. The first-order chi connectivity index (χ1) is 15.0. The van der Waals surface area contributed by atoms with Gasteiger partial charge >= 0.3 is 0 Å². The summed E-state index contributed by atoms with van der Waals surface area (Å²) in [7, 11) is 0. The lowest BCUT2D eigenvalue weighted by molar-refractivity contribution is -0.118. The molecule has 2 aromatic rings. The van der Waals surface area contributed by atoms with Crippen LogP contribution in [-0.2, 0) is 23.1 Å². The van der Waals surface area contributed by atoms with E-state index in [4.69, 9.17) is 16.1 Å². The second-order valence-electron chi connectivity index (χ2n) is 11.2. The maximum absolute atomic E-state index is 12.7. The number of carbonyl (C=O) groups is 1. The van der Waals surface area contributed by atoms with Gasteiger partial charge in [0.05, 0.1) is 5.69 Å².